The van der Waals surface area contributed by atoms with Crippen molar-refractivity contribution in [1.82, 2.24) is 9.78 Å². The highest BCUT2D eigenvalue weighted by atomic mass is 16.3. The third-order valence-electron chi connectivity index (χ3n) is 10.4. The fraction of sp³-hybridized carbons (Fsp3) is 0.808. The summed E-state index contributed by atoms with van der Waals surface area (Å²) in [4.78, 5) is 13.3. The first-order valence-electron chi connectivity index (χ1n) is 12.3. The van der Waals surface area contributed by atoms with Crippen LogP contribution in [0.25, 0.3) is 0 Å². The Labute approximate surface area is 186 Å². The molecule has 0 saturated heterocycles. The van der Waals surface area contributed by atoms with Crippen LogP contribution in [0.1, 0.15) is 84.1 Å². The quantitative estimate of drug-likeness (QED) is 0.762. The Hall–Kier alpha value is -1.67. The predicted molar refractivity (Wildman–Crippen MR) is 118 cm³/mol. The second kappa shape index (κ2) is 7.17. The molecule has 1 heterocycles. The van der Waals surface area contributed by atoms with Crippen molar-refractivity contribution in [1.29, 1.82) is 5.26 Å². The van der Waals surface area contributed by atoms with Gasteiger partial charge in [0.1, 0.15) is 6.07 Å². The third kappa shape index (κ3) is 3.28. The molecule has 0 aliphatic heterocycles. The Balaban J connectivity index is 1.34. The lowest BCUT2D eigenvalue weighted by atomic mass is 9.44. The number of carbonyl (C=O) groups is 1. The van der Waals surface area contributed by atoms with Gasteiger partial charge in [-0.15, -0.1) is 0 Å². The lowest BCUT2D eigenvalue weighted by Crippen LogP contribution is -2.55. The summed E-state index contributed by atoms with van der Waals surface area (Å²) in [7, 11) is 0. The molecule has 4 fully saturated rings. The number of ketones is 1. The first-order chi connectivity index (χ1) is 14.7. The van der Waals surface area contributed by atoms with Crippen molar-refractivity contribution in [3.05, 3.63) is 18.0 Å². The van der Waals surface area contributed by atoms with Crippen LogP contribution in [0.5, 0.6) is 0 Å². The summed E-state index contributed by atoms with van der Waals surface area (Å²) in [6.45, 7) is 7.24. The molecule has 5 nitrogen and oxygen atoms in total. The maximum Gasteiger partial charge on any atom is 0.157 e. The predicted octanol–water partition coefficient (Wildman–Crippen LogP) is 4.73. The van der Waals surface area contributed by atoms with Crippen LogP contribution < -0.4 is 0 Å². The zero-order chi connectivity index (χ0) is 22.0. The van der Waals surface area contributed by atoms with Crippen LogP contribution in [0.4, 0.5) is 0 Å². The van der Waals surface area contributed by atoms with Gasteiger partial charge in [0.05, 0.1) is 23.9 Å². The van der Waals surface area contributed by atoms with Gasteiger partial charge in [-0.1, -0.05) is 13.8 Å². The van der Waals surface area contributed by atoms with Crippen LogP contribution >= 0.6 is 0 Å². The molecule has 0 amide bonds. The van der Waals surface area contributed by atoms with Gasteiger partial charge in [0.15, 0.2) is 5.78 Å². The number of fused-ring (bicyclic) bond motifs is 5. The van der Waals surface area contributed by atoms with E-state index in [0.717, 1.165) is 43.9 Å². The molecule has 4 saturated carbocycles. The number of nitriles is 1. The molecule has 8 atom stereocenters. The minimum absolute atomic E-state index is 0.104. The highest BCUT2D eigenvalue weighted by molar-refractivity contribution is 5.82. The highest BCUT2D eigenvalue weighted by Crippen LogP contribution is 2.68. The summed E-state index contributed by atoms with van der Waals surface area (Å²) in [5, 5.41) is 23.9. The topological polar surface area (TPSA) is 78.9 Å². The molecule has 1 aromatic rings. The zero-order valence-electron chi connectivity index (χ0n) is 19.3. The standard InChI is InChI=1S/C26H37N3O2/c1-24(31)10-11-25(2)18(12-24)4-5-19-20-6-7-22(26(20,3)9-8-21(19)25)23(30)16-29-15-17(13-27)14-28-29/h14-15,18-22,31H,4-12,16H2,1-3H3/t18-,19-,20-,21-,22+,24-,25-,26-/m0/s1. The second-order valence-electron chi connectivity index (χ2n) is 12.0. The van der Waals surface area contributed by atoms with Crippen LogP contribution in [0, 0.1) is 51.8 Å². The van der Waals surface area contributed by atoms with Crippen LogP contribution in [0.2, 0.25) is 0 Å². The summed E-state index contributed by atoms with van der Waals surface area (Å²) in [6, 6.07) is 2.10. The van der Waals surface area contributed by atoms with E-state index in [2.05, 4.69) is 25.0 Å². The van der Waals surface area contributed by atoms with Gasteiger partial charge in [-0.3, -0.25) is 9.48 Å². The molecule has 168 valence electrons. The maximum absolute atomic E-state index is 13.3. The summed E-state index contributed by atoms with van der Waals surface area (Å²) in [5.74, 6) is 3.19. The van der Waals surface area contributed by atoms with E-state index in [9.17, 15) is 9.90 Å². The van der Waals surface area contributed by atoms with Gasteiger partial charge >= 0.3 is 0 Å². The summed E-state index contributed by atoms with van der Waals surface area (Å²) in [5.41, 5.74) is 0.493. The Kier molecular flexibility index (Phi) is 4.90. The highest BCUT2D eigenvalue weighted by Gasteiger charge is 2.61. The van der Waals surface area contributed by atoms with Crippen molar-refractivity contribution >= 4 is 5.78 Å². The second-order valence-corrected chi connectivity index (χ2v) is 12.0. The largest absolute Gasteiger partial charge is 0.390 e. The van der Waals surface area contributed by atoms with Crippen molar-refractivity contribution in [2.24, 2.45) is 40.4 Å². The fourth-order valence-electron chi connectivity index (χ4n) is 8.74. The van der Waals surface area contributed by atoms with Gasteiger partial charge in [-0.2, -0.15) is 10.4 Å². The molecular formula is C26H37N3O2. The van der Waals surface area contributed by atoms with Crippen molar-refractivity contribution in [2.75, 3.05) is 0 Å². The number of aliphatic hydroxyl groups is 1. The van der Waals surface area contributed by atoms with Crippen LogP contribution in [0.3, 0.4) is 0 Å². The average Bonchev–Trinajstić information content (AvgIpc) is 3.31. The Morgan fingerprint density at radius 1 is 1.13 bits per heavy atom. The lowest BCUT2D eigenvalue weighted by Gasteiger charge is -2.61. The Morgan fingerprint density at radius 3 is 2.65 bits per heavy atom. The summed E-state index contributed by atoms with van der Waals surface area (Å²) < 4.78 is 1.64. The van der Waals surface area contributed by atoms with Gasteiger partial charge in [0.25, 0.3) is 0 Å². The van der Waals surface area contributed by atoms with E-state index in [1.165, 1.54) is 25.7 Å². The molecular weight excluding hydrogens is 386 g/mol. The molecule has 5 heteroatoms. The van der Waals surface area contributed by atoms with Gasteiger partial charge in [-0.05, 0) is 99.2 Å². The summed E-state index contributed by atoms with van der Waals surface area (Å²) in [6.07, 6.45) is 13.3. The molecule has 4 aliphatic rings. The molecule has 0 bridgehead atoms. The fourth-order valence-corrected chi connectivity index (χ4v) is 8.74. The number of hydrogen-bond donors (Lipinski definition) is 1. The number of aromatic nitrogens is 2. The van der Waals surface area contributed by atoms with Crippen LogP contribution in [-0.4, -0.2) is 26.3 Å². The molecule has 1 aromatic heterocycles. The van der Waals surface area contributed by atoms with E-state index >= 15 is 0 Å². The minimum Gasteiger partial charge on any atom is -0.390 e. The van der Waals surface area contributed by atoms with Crippen LogP contribution in [0.15, 0.2) is 12.4 Å². The van der Waals surface area contributed by atoms with E-state index in [1.54, 1.807) is 17.1 Å². The Morgan fingerprint density at radius 2 is 1.90 bits per heavy atom. The number of hydrogen-bond acceptors (Lipinski definition) is 4. The molecule has 0 unspecified atom stereocenters. The van der Waals surface area contributed by atoms with E-state index in [-0.39, 0.29) is 17.9 Å². The molecule has 0 radical (unpaired) electrons. The van der Waals surface area contributed by atoms with E-state index in [1.807, 2.05) is 6.92 Å². The smallest absolute Gasteiger partial charge is 0.157 e. The van der Waals surface area contributed by atoms with Gasteiger partial charge in [0, 0.05) is 12.1 Å². The molecule has 1 N–H and O–H groups in total. The zero-order valence-corrected chi connectivity index (χ0v) is 19.3. The normalized spacial score (nSPS) is 46.5. The molecule has 4 aliphatic carbocycles. The van der Waals surface area contributed by atoms with Gasteiger partial charge < -0.3 is 5.11 Å². The van der Waals surface area contributed by atoms with E-state index in [0.29, 0.717) is 28.6 Å². The van der Waals surface area contributed by atoms with E-state index in [4.69, 9.17) is 5.26 Å². The van der Waals surface area contributed by atoms with Crippen LogP contribution in [-0.2, 0) is 11.3 Å². The van der Waals surface area contributed by atoms with Crippen molar-refractivity contribution < 1.29 is 9.90 Å². The number of nitrogens with zero attached hydrogens (tertiary/aromatic N) is 3. The first-order valence-corrected chi connectivity index (χ1v) is 12.3. The maximum atomic E-state index is 13.3. The monoisotopic (exact) mass is 423 g/mol. The number of Topliss-reactive ketones (excluding diaryl/α,β-unsaturated/α-hetero) is 1. The molecule has 0 spiro atoms. The lowest BCUT2D eigenvalue weighted by molar-refractivity contribution is -0.151. The van der Waals surface area contributed by atoms with Crippen molar-refractivity contribution in [3.63, 3.8) is 0 Å². The molecule has 5 rings (SSSR count). The van der Waals surface area contributed by atoms with Crippen molar-refractivity contribution in [3.8, 4) is 6.07 Å². The third-order valence-corrected chi connectivity index (χ3v) is 10.4. The Bertz CT molecular complexity index is 914. The number of carbonyl (C=O) groups excluding carboxylic acids is 1. The number of rotatable bonds is 3. The minimum atomic E-state index is -0.483. The van der Waals surface area contributed by atoms with Gasteiger partial charge in [0.2, 0.25) is 0 Å². The molecule has 0 aromatic carbocycles. The van der Waals surface area contributed by atoms with E-state index < -0.39 is 5.60 Å². The van der Waals surface area contributed by atoms with Gasteiger partial charge in [-0.25, -0.2) is 0 Å². The van der Waals surface area contributed by atoms with Crippen molar-refractivity contribution in [2.45, 2.75) is 90.7 Å². The SMILES string of the molecule is C[C@]1(O)CC[C@@]2(C)[C@@H](CC[C@@H]3[C@@H]2CC[C@]2(C)[C@@H](C(=O)Cn4cc(C#N)cn4)CC[C@@H]32)C1. The summed E-state index contributed by atoms with van der Waals surface area (Å²) >= 11 is 0. The molecule has 31 heavy (non-hydrogen) atoms. The average molecular weight is 424 g/mol. The first kappa shape index (κ1) is 21.2.